The summed E-state index contributed by atoms with van der Waals surface area (Å²) in [7, 11) is -3.76. The van der Waals surface area contributed by atoms with Crippen molar-refractivity contribution in [2.75, 3.05) is 10.6 Å². The molecular weight excluding hydrogens is 431 g/mol. The largest absolute Gasteiger partial charge is 0.348 e. The summed E-state index contributed by atoms with van der Waals surface area (Å²) < 4.78 is 26.2. The third kappa shape index (κ3) is 6.11. The Morgan fingerprint density at radius 2 is 1.62 bits per heavy atom. The van der Waals surface area contributed by atoms with E-state index in [1.165, 1.54) is 23.8 Å². The van der Waals surface area contributed by atoms with Crippen molar-refractivity contribution in [2.45, 2.75) is 45.7 Å². The minimum Gasteiger partial charge on any atom is -0.348 e. The number of amides is 1. The van der Waals surface area contributed by atoms with Crippen LogP contribution in [-0.2, 0) is 21.2 Å². The van der Waals surface area contributed by atoms with Gasteiger partial charge >= 0.3 is 0 Å². The van der Waals surface area contributed by atoms with E-state index < -0.39 is 16.1 Å². The number of aryl methyl sites for hydroxylation is 1. The fourth-order valence-electron chi connectivity index (χ4n) is 3.16. The molecule has 0 saturated heterocycles. The second kappa shape index (κ2) is 9.83. The molecule has 0 aliphatic heterocycles. The molecule has 29 heavy (non-hydrogen) atoms. The molecule has 1 amide bonds. The van der Waals surface area contributed by atoms with Gasteiger partial charge in [-0.3, -0.25) is 9.10 Å². The molecule has 2 atom stereocenters. The maximum absolute atomic E-state index is 13.0. The maximum Gasteiger partial charge on any atom is 0.244 e. The second-order valence-corrected chi connectivity index (χ2v) is 9.67. The van der Waals surface area contributed by atoms with Crippen LogP contribution in [0.15, 0.2) is 42.5 Å². The minimum atomic E-state index is -3.76. The zero-order chi connectivity index (χ0) is 21.8. The van der Waals surface area contributed by atoms with Crippen molar-refractivity contribution < 1.29 is 13.2 Å². The zero-order valence-electron chi connectivity index (χ0n) is 16.9. The summed E-state index contributed by atoms with van der Waals surface area (Å²) in [5.41, 5.74) is 2.41. The van der Waals surface area contributed by atoms with Crippen LogP contribution in [0.25, 0.3) is 0 Å². The first kappa shape index (κ1) is 23.5. The van der Waals surface area contributed by atoms with Crippen LogP contribution in [-0.4, -0.2) is 26.6 Å². The average Bonchev–Trinajstić information content (AvgIpc) is 2.63. The van der Waals surface area contributed by atoms with Crippen molar-refractivity contribution in [3.63, 3.8) is 0 Å². The number of carbonyl (C=O) groups is 1. The number of hydrogen-bond donors (Lipinski definition) is 1. The van der Waals surface area contributed by atoms with Gasteiger partial charge in [0.25, 0.3) is 0 Å². The van der Waals surface area contributed by atoms with Gasteiger partial charge in [-0.25, -0.2) is 8.42 Å². The Balaban J connectivity index is 2.32. The van der Waals surface area contributed by atoms with Crippen LogP contribution in [0.4, 0.5) is 5.69 Å². The number of hydrogen-bond acceptors (Lipinski definition) is 3. The molecule has 2 aromatic rings. The van der Waals surface area contributed by atoms with Gasteiger partial charge in [0, 0.05) is 10.0 Å². The fourth-order valence-corrected chi connectivity index (χ4v) is 4.87. The monoisotopic (exact) mass is 456 g/mol. The van der Waals surface area contributed by atoms with E-state index in [2.05, 4.69) is 12.2 Å². The fraction of sp³-hybridized carbons (Fsp3) is 0.381. The van der Waals surface area contributed by atoms with Crippen LogP contribution >= 0.6 is 23.2 Å². The Morgan fingerprint density at radius 1 is 1.07 bits per heavy atom. The molecular formula is C21H26Cl2N2O3S. The summed E-state index contributed by atoms with van der Waals surface area (Å²) in [6.07, 6.45) is 2.28. The molecule has 0 heterocycles. The normalized spacial score (nSPS) is 13.6. The lowest BCUT2D eigenvalue weighted by Gasteiger charge is -2.31. The number of nitrogens with one attached hydrogen (secondary N) is 1. The van der Waals surface area contributed by atoms with Crippen molar-refractivity contribution >= 4 is 44.8 Å². The molecule has 0 unspecified atom stereocenters. The van der Waals surface area contributed by atoms with Gasteiger partial charge in [-0.05, 0) is 49.1 Å². The standard InChI is InChI=1S/C21H26Cl2N2O3S/c1-5-15-7-9-16(10-8-15)14(3)24-21(26)20(6-2)25(29(4,27)28)19-12-17(22)11-18(23)13-19/h7-14,20H,5-6H2,1-4H3,(H,24,26)/t14-,20-/m1/s1. The summed E-state index contributed by atoms with van der Waals surface area (Å²) in [5, 5.41) is 3.51. The summed E-state index contributed by atoms with van der Waals surface area (Å²) in [4.78, 5) is 13.0. The summed E-state index contributed by atoms with van der Waals surface area (Å²) in [6.45, 7) is 5.70. The minimum absolute atomic E-state index is 0.256. The first-order chi connectivity index (χ1) is 13.6. The average molecular weight is 457 g/mol. The lowest BCUT2D eigenvalue weighted by molar-refractivity contribution is -0.122. The molecule has 5 nitrogen and oxygen atoms in total. The van der Waals surface area contributed by atoms with Crippen molar-refractivity contribution in [1.29, 1.82) is 0 Å². The highest BCUT2D eigenvalue weighted by Gasteiger charge is 2.32. The van der Waals surface area contributed by atoms with E-state index >= 15 is 0 Å². The van der Waals surface area contributed by atoms with E-state index in [4.69, 9.17) is 23.2 Å². The Bertz CT molecular complexity index is 942. The number of anilines is 1. The number of sulfonamides is 1. The van der Waals surface area contributed by atoms with Gasteiger partial charge in [0.1, 0.15) is 6.04 Å². The van der Waals surface area contributed by atoms with E-state index in [-0.39, 0.29) is 24.1 Å². The van der Waals surface area contributed by atoms with Gasteiger partial charge < -0.3 is 5.32 Å². The molecule has 0 aromatic heterocycles. The molecule has 1 N–H and O–H groups in total. The Morgan fingerprint density at radius 3 is 2.07 bits per heavy atom. The van der Waals surface area contributed by atoms with Crippen LogP contribution in [0, 0.1) is 0 Å². The Kier molecular flexibility index (Phi) is 7.97. The predicted molar refractivity (Wildman–Crippen MR) is 120 cm³/mol. The molecule has 0 bridgehead atoms. The second-order valence-electron chi connectivity index (χ2n) is 6.94. The third-order valence-electron chi connectivity index (χ3n) is 4.68. The van der Waals surface area contributed by atoms with Crippen molar-refractivity contribution in [2.24, 2.45) is 0 Å². The lowest BCUT2D eigenvalue weighted by atomic mass is 10.0. The molecule has 2 aromatic carbocycles. The predicted octanol–water partition coefficient (Wildman–Crippen LogP) is 4.98. The molecule has 0 saturated carbocycles. The smallest absolute Gasteiger partial charge is 0.244 e. The van der Waals surface area contributed by atoms with E-state index in [0.29, 0.717) is 10.0 Å². The highest BCUT2D eigenvalue weighted by atomic mass is 35.5. The first-order valence-corrected chi connectivity index (χ1v) is 12.0. The van der Waals surface area contributed by atoms with Crippen LogP contribution in [0.2, 0.25) is 10.0 Å². The van der Waals surface area contributed by atoms with Crippen LogP contribution in [0.3, 0.4) is 0 Å². The zero-order valence-corrected chi connectivity index (χ0v) is 19.3. The van der Waals surface area contributed by atoms with Gasteiger partial charge in [0.05, 0.1) is 18.0 Å². The third-order valence-corrected chi connectivity index (χ3v) is 6.29. The summed E-state index contributed by atoms with van der Waals surface area (Å²) in [5.74, 6) is -0.388. The molecule has 0 fully saturated rings. The van der Waals surface area contributed by atoms with E-state index in [9.17, 15) is 13.2 Å². The van der Waals surface area contributed by atoms with Gasteiger partial charge in [-0.2, -0.15) is 0 Å². The van der Waals surface area contributed by atoms with Gasteiger partial charge in [0.2, 0.25) is 15.9 Å². The Hall–Kier alpha value is -1.76. The molecule has 158 valence electrons. The quantitative estimate of drug-likeness (QED) is 0.608. The molecule has 0 aliphatic rings. The topological polar surface area (TPSA) is 66.5 Å². The first-order valence-electron chi connectivity index (χ1n) is 9.41. The van der Waals surface area contributed by atoms with Crippen LogP contribution < -0.4 is 9.62 Å². The van der Waals surface area contributed by atoms with Crippen molar-refractivity contribution in [3.8, 4) is 0 Å². The number of rotatable bonds is 8. The van der Waals surface area contributed by atoms with Gasteiger partial charge in [-0.1, -0.05) is 61.3 Å². The number of halogens is 2. The molecule has 0 spiro atoms. The summed E-state index contributed by atoms with van der Waals surface area (Å²) in [6, 6.07) is 11.2. The van der Waals surface area contributed by atoms with E-state index in [1.807, 2.05) is 31.2 Å². The molecule has 0 aliphatic carbocycles. The van der Waals surface area contributed by atoms with Crippen LogP contribution in [0.5, 0.6) is 0 Å². The maximum atomic E-state index is 13.0. The Labute approximate surface area is 183 Å². The number of carbonyl (C=O) groups excluding carboxylic acids is 1. The van der Waals surface area contributed by atoms with E-state index in [1.54, 1.807) is 6.92 Å². The molecule has 0 radical (unpaired) electrons. The SMILES string of the molecule is CCc1ccc([C@@H](C)NC(=O)[C@@H](CC)N(c2cc(Cl)cc(Cl)c2)S(C)(=O)=O)cc1. The molecule has 8 heteroatoms. The van der Waals surface area contributed by atoms with E-state index in [0.717, 1.165) is 22.5 Å². The van der Waals surface area contributed by atoms with Crippen LogP contribution in [0.1, 0.15) is 44.4 Å². The lowest BCUT2D eigenvalue weighted by Crippen LogP contribution is -2.49. The van der Waals surface area contributed by atoms with Gasteiger partial charge in [0.15, 0.2) is 0 Å². The highest BCUT2D eigenvalue weighted by Crippen LogP contribution is 2.29. The highest BCUT2D eigenvalue weighted by molar-refractivity contribution is 7.92. The van der Waals surface area contributed by atoms with Crippen molar-refractivity contribution in [3.05, 3.63) is 63.6 Å². The number of benzene rings is 2. The molecule has 2 rings (SSSR count). The number of nitrogens with zero attached hydrogens (tertiary/aromatic N) is 1. The van der Waals surface area contributed by atoms with Crippen molar-refractivity contribution in [1.82, 2.24) is 5.32 Å². The van der Waals surface area contributed by atoms with Gasteiger partial charge in [-0.15, -0.1) is 0 Å². The summed E-state index contributed by atoms with van der Waals surface area (Å²) >= 11 is 12.1.